The van der Waals surface area contributed by atoms with E-state index in [9.17, 15) is 14.4 Å². The number of amides is 3. The van der Waals surface area contributed by atoms with Crippen LogP contribution < -0.4 is 10.6 Å². The van der Waals surface area contributed by atoms with Gasteiger partial charge in [-0.05, 0) is 57.4 Å². The number of carbonyl (C=O) groups excluding carboxylic acids is 3. The van der Waals surface area contributed by atoms with Gasteiger partial charge in [0.2, 0.25) is 5.91 Å². The summed E-state index contributed by atoms with van der Waals surface area (Å²) in [7, 11) is -1.10. The third kappa shape index (κ3) is 4.58. The molecule has 10 heteroatoms. The first-order valence-electron chi connectivity index (χ1n) is 12.2. The Morgan fingerprint density at radius 3 is 2.39 bits per heavy atom. The van der Waals surface area contributed by atoms with Crippen LogP contribution >= 0.6 is 10.0 Å². The van der Waals surface area contributed by atoms with Gasteiger partial charge in [-0.1, -0.05) is 30.3 Å². The lowest BCUT2D eigenvalue weighted by Crippen LogP contribution is -2.51. The first-order valence-corrected chi connectivity index (χ1v) is 15.1. The van der Waals surface area contributed by atoms with Crippen molar-refractivity contribution in [2.24, 2.45) is 0 Å². The molecule has 0 saturated heterocycles. The third-order valence-corrected chi connectivity index (χ3v) is 10.6. The number of hydrogen-bond acceptors (Lipinski definition) is 5. The van der Waals surface area contributed by atoms with Crippen molar-refractivity contribution in [2.45, 2.75) is 62.9 Å². The number of H-pyrrole nitrogens is 1. The number of aromatic nitrogens is 2. The van der Waals surface area contributed by atoms with E-state index >= 15 is 0 Å². The summed E-state index contributed by atoms with van der Waals surface area (Å²) in [6.07, 6.45) is 9.42. The molecule has 1 saturated carbocycles. The molecule has 2 heterocycles. The minimum Gasteiger partial charge on any atom is -0.463 e. The second-order valence-electron chi connectivity index (χ2n) is 10.9. The van der Waals surface area contributed by atoms with E-state index in [1.807, 2.05) is 44.2 Å². The maximum absolute atomic E-state index is 13.5. The second kappa shape index (κ2) is 9.46. The lowest BCUT2D eigenvalue weighted by molar-refractivity contribution is -0.141. The number of hydrogen-bond donors (Lipinski definition) is 3. The van der Waals surface area contributed by atoms with Gasteiger partial charge in [-0.2, -0.15) is 5.10 Å². The Kier molecular flexibility index (Phi) is 6.85. The summed E-state index contributed by atoms with van der Waals surface area (Å²) >= 11 is 0. The average molecular weight is 516 g/mol. The Morgan fingerprint density at radius 1 is 1.17 bits per heavy atom. The minimum atomic E-state index is -1.10. The van der Waals surface area contributed by atoms with E-state index in [4.69, 9.17) is 4.74 Å². The predicted molar refractivity (Wildman–Crippen MR) is 142 cm³/mol. The highest BCUT2D eigenvalue weighted by atomic mass is 32.3. The van der Waals surface area contributed by atoms with Gasteiger partial charge >= 0.3 is 12.0 Å². The summed E-state index contributed by atoms with van der Waals surface area (Å²) in [5, 5.41) is 13.6. The van der Waals surface area contributed by atoms with Gasteiger partial charge in [0, 0.05) is 12.5 Å². The highest BCUT2D eigenvalue weighted by Gasteiger charge is 2.51. The molecule has 0 spiro atoms. The number of urea groups is 1. The smallest absolute Gasteiger partial charge is 0.319 e. The van der Waals surface area contributed by atoms with Gasteiger partial charge in [0.15, 0.2) is 5.82 Å². The van der Waals surface area contributed by atoms with Gasteiger partial charge in [0.1, 0.15) is 6.61 Å². The molecular formula is C26H37N5O4S. The number of fused-ring (bicyclic) bond motifs is 1. The lowest BCUT2D eigenvalue weighted by Gasteiger charge is -2.53. The summed E-state index contributed by atoms with van der Waals surface area (Å²) in [5.41, 5.74) is 1.78. The van der Waals surface area contributed by atoms with Crippen LogP contribution in [0.15, 0.2) is 30.3 Å². The number of ether oxygens (including phenoxy) is 1. The quantitative estimate of drug-likeness (QED) is 0.482. The molecule has 1 aliphatic carbocycles. The average Bonchev–Trinajstić information content (AvgIpc) is 3.27. The van der Waals surface area contributed by atoms with Crippen LogP contribution in [0.4, 0.5) is 10.6 Å². The van der Waals surface area contributed by atoms with Crippen LogP contribution in [0.2, 0.25) is 0 Å². The summed E-state index contributed by atoms with van der Waals surface area (Å²) in [6.45, 7) is 5.56. The fourth-order valence-electron chi connectivity index (χ4n) is 5.12. The monoisotopic (exact) mass is 515 g/mol. The van der Waals surface area contributed by atoms with Crippen LogP contribution in [0, 0.1) is 0 Å². The molecule has 0 unspecified atom stereocenters. The van der Waals surface area contributed by atoms with E-state index in [0.29, 0.717) is 12.4 Å². The molecule has 36 heavy (non-hydrogen) atoms. The summed E-state index contributed by atoms with van der Waals surface area (Å²) in [6, 6.07) is 8.62. The first-order chi connectivity index (χ1) is 16.9. The molecule has 9 nitrogen and oxygen atoms in total. The van der Waals surface area contributed by atoms with Crippen LogP contribution in [0.3, 0.4) is 0 Å². The first kappa shape index (κ1) is 26.1. The van der Waals surface area contributed by atoms with Crippen LogP contribution in [0.1, 0.15) is 62.9 Å². The minimum absolute atomic E-state index is 0.0248. The molecule has 0 bridgehead atoms. The zero-order valence-electron chi connectivity index (χ0n) is 21.9. The van der Waals surface area contributed by atoms with Gasteiger partial charge in [-0.25, -0.2) is 14.8 Å². The van der Waals surface area contributed by atoms with Crippen molar-refractivity contribution in [3.05, 3.63) is 47.2 Å². The molecule has 3 N–H and O–H groups in total. The number of carbonyl (C=O) groups is 3. The largest absolute Gasteiger partial charge is 0.463 e. The number of nitrogens with zero attached hydrogens (tertiary/aromatic N) is 2. The van der Waals surface area contributed by atoms with E-state index < -0.39 is 27.6 Å². The predicted octanol–water partition coefficient (Wildman–Crippen LogP) is 4.03. The van der Waals surface area contributed by atoms with E-state index in [-0.39, 0.29) is 23.3 Å². The molecule has 1 aromatic carbocycles. The van der Waals surface area contributed by atoms with Crippen LogP contribution in [0.25, 0.3) is 0 Å². The normalized spacial score (nSPS) is 19.0. The number of nitrogens with one attached hydrogen (secondary N) is 3. The summed E-state index contributed by atoms with van der Waals surface area (Å²) in [4.78, 5) is 40.0. The number of rotatable bonds is 7. The van der Waals surface area contributed by atoms with Gasteiger partial charge in [-0.3, -0.25) is 14.7 Å². The van der Waals surface area contributed by atoms with E-state index in [0.717, 1.165) is 36.1 Å². The fourth-order valence-corrected chi connectivity index (χ4v) is 7.24. The molecule has 1 fully saturated rings. The molecule has 196 valence electrons. The number of anilines is 1. The van der Waals surface area contributed by atoms with Gasteiger partial charge < -0.3 is 20.3 Å². The second-order valence-corrected chi connectivity index (χ2v) is 15.4. The Hall–Kier alpha value is -3.01. The number of benzene rings is 1. The van der Waals surface area contributed by atoms with Crippen molar-refractivity contribution in [1.29, 1.82) is 0 Å². The summed E-state index contributed by atoms with van der Waals surface area (Å²) in [5.74, 6) is 0.110. The summed E-state index contributed by atoms with van der Waals surface area (Å²) < 4.78 is 4.90. The zero-order valence-corrected chi connectivity index (χ0v) is 22.8. The molecule has 4 rings (SSSR count). The molecule has 3 amide bonds. The fraction of sp³-hybridized carbons (Fsp3) is 0.538. The molecule has 0 radical (unpaired) electrons. The van der Waals surface area contributed by atoms with Crippen molar-refractivity contribution < 1.29 is 19.1 Å². The van der Waals surface area contributed by atoms with Gasteiger partial charge in [-0.15, -0.1) is 0 Å². The van der Waals surface area contributed by atoms with E-state index in [1.165, 1.54) is 6.92 Å². The van der Waals surface area contributed by atoms with Crippen LogP contribution in [0.5, 0.6) is 0 Å². The standard InChI is InChI=1S/C26H37N5O4S/c1-17(32)35-16-20(18-11-8-7-9-12-18)27-24(34)31-15-19-21(25(31,2)3)29-30-22(19)28-23(33)26(13-10-14-26)36(4,5)6/h7-9,11-12,20H,10,13-16H2,1-6H3,(H,27,34)(H2,28,29,30,33)/t20-/m1/s1. The van der Waals surface area contributed by atoms with Crippen LogP contribution in [-0.2, 0) is 26.4 Å². The number of aromatic amines is 1. The van der Waals surface area contributed by atoms with Crippen molar-refractivity contribution in [3.8, 4) is 0 Å². The Morgan fingerprint density at radius 2 is 1.83 bits per heavy atom. The lowest BCUT2D eigenvalue weighted by atomic mass is 9.83. The van der Waals surface area contributed by atoms with Gasteiger partial charge in [0.25, 0.3) is 0 Å². The van der Waals surface area contributed by atoms with Crippen LogP contribution in [-0.4, -0.2) is 63.1 Å². The topological polar surface area (TPSA) is 116 Å². The van der Waals surface area contributed by atoms with Crippen molar-refractivity contribution in [3.63, 3.8) is 0 Å². The SMILES string of the molecule is CC(=O)OC[C@@H](NC(=O)N1Cc2c(NC(=O)C3(S(C)(C)C)CCC3)n[nH]c2C1(C)C)c1ccccc1. The van der Waals surface area contributed by atoms with Crippen molar-refractivity contribution >= 4 is 33.8 Å². The maximum atomic E-state index is 13.5. The molecule has 2 aromatic rings. The molecule has 2 aliphatic rings. The van der Waals surface area contributed by atoms with Crippen molar-refractivity contribution in [1.82, 2.24) is 20.4 Å². The highest BCUT2D eigenvalue weighted by molar-refractivity contribution is 8.33. The maximum Gasteiger partial charge on any atom is 0.319 e. The molecule has 1 aliphatic heterocycles. The van der Waals surface area contributed by atoms with Gasteiger partial charge in [0.05, 0.1) is 28.6 Å². The third-order valence-electron chi connectivity index (χ3n) is 7.65. The molecular weight excluding hydrogens is 478 g/mol. The molecule has 1 aromatic heterocycles. The van der Waals surface area contributed by atoms with E-state index in [1.54, 1.807) is 4.90 Å². The zero-order chi connectivity index (χ0) is 26.3. The van der Waals surface area contributed by atoms with Crippen molar-refractivity contribution in [2.75, 3.05) is 30.7 Å². The Balaban J connectivity index is 1.52. The Labute approximate surface area is 214 Å². The molecule has 1 atom stereocenters. The highest BCUT2D eigenvalue weighted by Crippen LogP contribution is 2.60. The number of esters is 1. The van der Waals surface area contributed by atoms with E-state index in [2.05, 4.69) is 39.6 Å². The Bertz CT molecular complexity index is 1150.